The number of nitrogens with one attached hydrogen (secondary N) is 1. The fourth-order valence-corrected chi connectivity index (χ4v) is 2.11. The molecule has 3 nitrogen and oxygen atoms in total. The summed E-state index contributed by atoms with van der Waals surface area (Å²) in [6.07, 6.45) is 1.17. The summed E-state index contributed by atoms with van der Waals surface area (Å²) in [4.78, 5) is 7.92. The molecule has 1 unspecified atom stereocenters. The van der Waals surface area contributed by atoms with Crippen LogP contribution in [0.3, 0.4) is 0 Å². The molecule has 16 heavy (non-hydrogen) atoms. The Balaban J connectivity index is 0.00000225. The second kappa shape index (κ2) is 7.09. The predicted molar refractivity (Wildman–Crippen MR) is 75.0 cm³/mol. The second-order valence-electron chi connectivity index (χ2n) is 4.09. The average Bonchev–Trinajstić information content (AvgIpc) is 2.56. The van der Waals surface area contributed by atoms with Gasteiger partial charge in [-0.15, -0.1) is 23.7 Å². The highest BCUT2D eigenvalue weighted by atomic mass is 35.5. The van der Waals surface area contributed by atoms with Crippen LogP contribution < -0.4 is 10.2 Å². The van der Waals surface area contributed by atoms with Gasteiger partial charge in [0.2, 0.25) is 0 Å². The zero-order valence-electron chi connectivity index (χ0n) is 10.7. The minimum absolute atomic E-state index is 0. The highest BCUT2D eigenvalue weighted by molar-refractivity contribution is 7.15. The van der Waals surface area contributed by atoms with Gasteiger partial charge in [-0.2, -0.15) is 0 Å². The molecule has 0 amide bonds. The quantitative estimate of drug-likeness (QED) is 0.886. The van der Waals surface area contributed by atoms with Crippen LogP contribution in [-0.4, -0.2) is 25.1 Å². The molecule has 0 aromatic carbocycles. The van der Waals surface area contributed by atoms with Crippen LogP contribution in [0.2, 0.25) is 0 Å². The lowest BCUT2D eigenvalue weighted by atomic mass is 10.2. The smallest absolute Gasteiger partial charge is 0.185 e. The third-order valence-electron chi connectivity index (χ3n) is 2.49. The number of hydrogen-bond acceptors (Lipinski definition) is 4. The monoisotopic (exact) mass is 263 g/mol. The van der Waals surface area contributed by atoms with Gasteiger partial charge in [0.1, 0.15) is 0 Å². The maximum atomic E-state index is 4.52. The molecule has 0 saturated carbocycles. The van der Waals surface area contributed by atoms with Crippen LogP contribution in [0.25, 0.3) is 0 Å². The van der Waals surface area contributed by atoms with Crippen molar-refractivity contribution in [3.8, 4) is 0 Å². The molecule has 1 heterocycles. The molecule has 0 spiro atoms. The van der Waals surface area contributed by atoms with E-state index in [2.05, 4.69) is 36.0 Å². The summed E-state index contributed by atoms with van der Waals surface area (Å²) < 4.78 is 0. The van der Waals surface area contributed by atoms with Gasteiger partial charge in [0, 0.05) is 31.6 Å². The summed E-state index contributed by atoms with van der Waals surface area (Å²) in [7, 11) is 4.06. The van der Waals surface area contributed by atoms with E-state index in [9.17, 15) is 0 Å². The Bertz CT molecular complexity index is 312. The maximum Gasteiger partial charge on any atom is 0.185 e. The zero-order valence-corrected chi connectivity index (χ0v) is 12.3. The number of halogens is 1. The lowest BCUT2D eigenvalue weighted by molar-refractivity contribution is 0.536. The summed E-state index contributed by atoms with van der Waals surface area (Å²) in [5.41, 5.74) is 1.15. The van der Waals surface area contributed by atoms with Crippen molar-refractivity contribution >= 4 is 28.9 Å². The molecule has 1 aromatic heterocycles. The number of aryl methyl sites for hydroxylation is 1. The first-order valence-corrected chi connectivity index (χ1v) is 6.23. The first kappa shape index (κ1) is 15.7. The van der Waals surface area contributed by atoms with E-state index in [4.69, 9.17) is 0 Å². The van der Waals surface area contributed by atoms with Crippen LogP contribution in [0.1, 0.15) is 30.8 Å². The highest BCUT2D eigenvalue weighted by Gasteiger charge is 2.09. The molecule has 1 rings (SSSR count). The SMILES string of the molecule is CCC(C)NCc1sc(N(C)C)nc1C.Cl. The Kier molecular flexibility index (Phi) is 6.95. The van der Waals surface area contributed by atoms with E-state index in [1.54, 1.807) is 11.3 Å². The highest BCUT2D eigenvalue weighted by Crippen LogP contribution is 2.24. The number of thiazole rings is 1. The van der Waals surface area contributed by atoms with Gasteiger partial charge < -0.3 is 10.2 Å². The van der Waals surface area contributed by atoms with E-state index in [1.165, 1.54) is 11.3 Å². The number of rotatable bonds is 5. The molecule has 1 atom stereocenters. The van der Waals surface area contributed by atoms with E-state index in [0.717, 1.165) is 17.4 Å². The standard InChI is InChI=1S/C11H21N3S.ClH/c1-6-8(2)12-7-10-9(3)13-11(15-10)14(4)5;/h8,12H,6-7H2,1-5H3;1H. The Morgan fingerprint density at radius 1 is 1.44 bits per heavy atom. The minimum Gasteiger partial charge on any atom is -0.354 e. The molecule has 0 radical (unpaired) electrons. The Labute approximate surface area is 109 Å². The molecule has 0 aliphatic rings. The Morgan fingerprint density at radius 3 is 2.50 bits per heavy atom. The average molecular weight is 264 g/mol. The van der Waals surface area contributed by atoms with Gasteiger partial charge in [-0.1, -0.05) is 6.92 Å². The summed E-state index contributed by atoms with van der Waals surface area (Å²) in [6.45, 7) is 7.43. The Hall–Kier alpha value is -0.320. The van der Waals surface area contributed by atoms with Crippen LogP contribution in [0.4, 0.5) is 5.13 Å². The fraction of sp³-hybridized carbons (Fsp3) is 0.727. The molecule has 0 saturated heterocycles. The third kappa shape index (κ3) is 4.28. The molecule has 0 aliphatic heterocycles. The van der Waals surface area contributed by atoms with Crippen molar-refractivity contribution in [3.63, 3.8) is 0 Å². The molecule has 5 heteroatoms. The zero-order chi connectivity index (χ0) is 11.4. The number of nitrogens with zero attached hydrogens (tertiary/aromatic N) is 2. The van der Waals surface area contributed by atoms with Crippen LogP contribution >= 0.6 is 23.7 Å². The van der Waals surface area contributed by atoms with Crippen molar-refractivity contribution in [2.24, 2.45) is 0 Å². The lowest BCUT2D eigenvalue weighted by Crippen LogP contribution is -2.24. The van der Waals surface area contributed by atoms with Crippen LogP contribution in [0, 0.1) is 6.92 Å². The van der Waals surface area contributed by atoms with Crippen molar-refractivity contribution in [1.29, 1.82) is 0 Å². The molecular formula is C11H22ClN3S. The normalized spacial score (nSPS) is 12.1. The predicted octanol–water partition coefficient (Wildman–Crippen LogP) is 2.83. The molecule has 0 bridgehead atoms. The van der Waals surface area contributed by atoms with E-state index >= 15 is 0 Å². The van der Waals surface area contributed by atoms with Crippen LogP contribution in [0.5, 0.6) is 0 Å². The second-order valence-corrected chi connectivity index (χ2v) is 5.15. The van der Waals surface area contributed by atoms with Gasteiger partial charge in [0.25, 0.3) is 0 Å². The molecular weight excluding hydrogens is 242 g/mol. The van der Waals surface area contributed by atoms with Gasteiger partial charge in [0.05, 0.1) is 5.69 Å². The summed E-state index contributed by atoms with van der Waals surface area (Å²) in [6, 6.07) is 0.578. The topological polar surface area (TPSA) is 28.2 Å². The molecule has 1 N–H and O–H groups in total. The van der Waals surface area contributed by atoms with Crippen molar-refractivity contribution in [2.45, 2.75) is 39.8 Å². The van der Waals surface area contributed by atoms with E-state index in [-0.39, 0.29) is 12.4 Å². The summed E-state index contributed by atoms with van der Waals surface area (Å²) in [5.74, 6) is 0. The van der Waals surface area contributed by atoms with Crippen molar-refractivity contribution in [3.05, 3.63) is 10.6 Å². The van der Waals surface area contributed by atoms with Gasteiger partial charge in [-0.25, -0.2) is 4.98 Å². The van der Waals surface area contributed by atoms with Gasteiger partial charge in [-0.05, 0) is 20.3 Å². The lowest BCUT2D eigenvalue weighted by Gasteiger charge is -2.09. The minimum atomic E-state index is 0. The first-order chi connectivity index (χ1) is 7.04. The van der Waals surface area contributed by atoms with Crippen LogP contribution in [0.15, 0.2) is 0 Å². The van der Waals surface area contributed by atoms with Crippen molar-refractivity contribution < 1.29 is 0 Å². The molecule has 94 valence electrons. The van der Waals surface area contributed by atoms with E-state index < -0.39 is 0 Å². The van der Waals surface area contributed by atoms with Gasteiger partial charge >= 0.3 is 0 Å². The molecule has 0 fully saturated rings. The number of hydrogen-bond donors (Lipinski definition) is 1. The molecule has 0 aliphatic carbocycles. The third-order valence-corrected chi connectivity index (χ3v) is 3.81. The fourth-order valence-electron chi connectivity index (χ4n) is 1.18. The summed E-state index contributed by atoms with van der Waals surface area (Å²) in [5, 5.41) is 4.58. The maximum absolute atomic E-state index is 4.52. The Morgan fingerprint density at radius 2 is 2.06 bits per heavy atom. The van der Waals surface area contributed by atoms with Crippen molar-refractivity contribution in [1.82, 2.24) is 10.3 Å². The molecule has 1 aromatic rings. The number of aromatic nitrogens is 1. The number of anilines is 1. The summed E-state index contributed by atoms with van der Waals surface area (Å²) >= 11 is 1.77. The van der Waals surface area contributed by atoms with Gasteiger partial charge in [0.15, 0.2) is 5.13 Å². The van der Waals surface area contributed by atoms with E-state index in [1.807, 2.05) is 14.1 Å². The largest absolute Gasteiger partial charge is 0.354 e. The van der Waals surface area contributed by atoms with Crippen LogP contribution in [-0.2, 0) is 6.54 Å². The van der Waals surface area contributed by atoms with E-state index in [0.29, 0.717) is 6.04 Å². The first-order valence-electron chi connectivity index (χ1n) is 5.41. The van der Waals surface area contributed by atoms with Crippen molar-refractivity contribution in [2.75, 3.05) is 19.0 Å². The van der Waals surface area contributed by atoms with Gasteiger partial charge in [-0.3, -0.25) is 0 Å².